The van der Waals surface area contributed by atoms with Crippen LogP contribution >= 0.6 is 0 Å². The number of nitrogens with one attached hydrogen (secondary N) is 1. The van der Waals surface area contributed by atoms with Crippen LogP contribution in [0.3, 0.4) is 0 Å². The fraction of sp³-hybridized carbons (Fsp3) is 0.250. The van der Waals surface area contributed by atoms with E-state index < -0.39 is 5.82 Å². The monoisotopic (exact) mass is 261 g/mol. The molecule has 0 aliphatic carbocycles. The lowest BCUT2D eigenvalue weighted by Gasteiger charge is -2.17. The molecule has 19 heavy (non-hydrogen) atoms. The molecule has 0 aliphatic rings. The zero-order valence-corrected chi connectivity index (χ0v) is 10.9. The van der Waals surface area contributed by atoms with Crippen molar-refractivity contribution in [2.45, 2.75) is 18.9 Å². The molecule has 0 aliphatic heterocycles. The second kappa shape index (κ2) is 6.43. The molecule has 2 aromatic rings. The van der Waals surface area contributed by atoms with Crippen LogP contribution in [0.5, 0.6) is 0 Å². The van der Waals surface area contributed by atoms with E-state index in [4.69, 9.17) is 0 Å². The van der Waals surface area contributed by atoms with Crippen LogP contribution < -0.4 is 5.32 Å². The summed E-state index contributed by atoms with van der Waals surface area (Å²) in [4.78, 5) is 0. The van der Waals surface area contributed by atoms with Crippen LogP contribution in [0.1, 0.15) is 11.1 Å². The maximum Gasteiger partial charge on any atom is 0.126 e. The maximum absolute atomic E-state index is 13.6. The van der Waals surface area contributed by atoms with E-state index in [0.717, 1.165) is 12.5 Å². The second-order valence-corrected chi connectivity index (χ2v) is 4.62. The quantitative estimate of drug-likeness (QED) is 0.870. The first-order chi connectivity index (χ1) is 9.19. The Labute approximate surface area is 112 Å². The van der Waals surface area contributed by atoms with E-state index in [1.807, 2.05) is 37.4 Å². The molecule has 1 atom stereocenters. The van der Waals surface area contributed by atoms with Crippen LogP contribution in [0.15, 0.2) is 48.5 Å². The fourth-order valence-corrected chi connectivity index (χ4v) is 2.14. The van der Waals surface area contributed by atoms with Crippen LogP contribution in [0.2, 0.25) is 0 Å². The zero-order chi connectivity index (χ0) is 13.7. The van der Waals surface area contributed by atoms with Gasteiger partial charge in [-0.25, -0.2) is 8.78 Å². The first kappa shape index (κ1) is 13.7. The predicted molar refractivity (Wildman–Crippen MR) is 73.1 cm³/mol. The predicted octanol–water partition coefficient (Wildman–Crippen LogP) is 3.34. The minimum absolute atomic E-state index is 0.0821. The summed E-state index contributed by atoms with van der Waals surface area (Å²) in [5.41, 5.74) is 1.59. The molecule has 0 fully saturated rings. The molecule has 2 rings (SSSR count). The molecule has 0 saturated carbocycles. The van der Waals surface area contributed by atoms with Gasteiger partial charge in [-0.3, -0.25) is 0 Å². The summed E-state index contributed by atoms with van der Waals surface area (Å²) >= 11 is 0. The SMILES string of the molecule is CNC(Cc1ccccc1)Cc1cc(F)ccc1F. The maximum atomic E-state index is 13.6. The summed E-state index contributed by atoms with van der Waals surface area (Å²) in [6.07, 6.45) is 1.25. The number of hydrogen-bond acceptors (Lipinski definition) is 1. The molecule has 0 heterocycles. The molecule has 0 aromatic heterocycles. The molecule has 1 N–H and O–H groups in total. The Balaban J connectivity index is 2.09. The summed E-state index contributed by atoms with van der Waals surface area (Å²) in [7, 11) is 1.84. The van der Waals surface area contributed by atoms with Gasteiger partial charge in [0.1, 0.15) is 11.6 Å². The highest BCUT2D eigenvalue weighted by molar-refractivity contribution is 5.21. The molecule has 1 unspecified atom stereocenters. The van der Waals surface area contributed by atoms with Gasteiger partial charge in [0, 0.05) is 6.04 Å². The highest BCUT2D eigenvalue weighted by Gasteiger charge is 2.12. The van der Waals surface area contributed by atoms with Crippen molar-refractivity contribution in [2.24, 2.45) is 0 Å². The molecular formula is C16H17F2N. The van der Waals surface area contributed by atoms with Crippen LogP contribution in [0.4, 0.5) is 8.78 Å². The lowest BCUT2D eigenvalue weighted by molar-refractivity contribution is 0.525. The van der Waals surface area contributed by atoms with Crippen molar-refractivity contribution in [2.75, 3.05) is 7.05 Å². The average Bonchev–Trinajstić information content (AvgIpc) is 2.43. The third-order valence-electron chi connectivity index (χ3n) is 3.21. The van der Waals surface area contributed by atoms with Crippen molar-refractivity contribution in [1.29, 1.82) is 0 Å². The van der Waals surface area contributed by atoms with Crippen LogP contribution in [0.25, 0.3) is 0 Å². The van der Waals surface area contributed by atoms with Crippen molar-refractivity contribution in [3.05, 3.63) is 71.3 Å². The van der Waals surface area contributed by atoms with Crippen molar-refractivity contribution < 1.29 is 8.78 Å². The lowest BCUT2D eigenvalue weighted by Crippen LogP contribution is -2.30. The Bertz CT molecular complexity index is 526. The Kier molecular flexibility index (Phi) is 4.63. The highest BCUT2D eigenvalue weighted by atomic mass is 19.1. The molecule has 0 saturated heterocycles. The molecule has 1 nitrogen and oxygen atoms in total. The minimum atomic E-state index is -0.397. The number of likely N-dealkylation sites (N-methyl/N-ethyl adjacent to an activating group) is 1. The van der Waals surface area contributed by atoms with E-state index in [9.17, 15) is 8.78 Å². The van der Waals surface area contributed by atoms with Crippen molar-refractivity contribution in [1.82, 2.24) is 5.32 Å². The molecule has 3 heteroatoms. The van der Waals surface area contributed by atoms with Gasteiger partial charge in [0.2, 0.25) is 0 Å². The molecule has 0 radical (unpaired) electrons. The number of hydrogen-bond donors (Lipinski definition) is 1. The van der Waals surface area contributed by atoms with Crippen LogP contribution in [-0.2, 0) is 12.8 Å². The van der Waals surface area contributed by atoms with E-state index in [1.54, 1.807) is 0 Å². The molecule has 0 bridgehead atoms. The third kappa shape index (κ3) is 3.86. The summed E-state index contributed by atoms with van der Waals surface area (Å²) in [6, 6.07) is 13.7. The van der Waals surface area contributed by atoms with Crippen LogP contribution in [0, 0.1) is 11.6 Å². The summed E-state index contributed by atoms with van der Waals surface area (Å²) < 4.78 is 26.8. The van der Waals surface area contributed by atoms with Gasteiger partial charge in [0.25, 0.3) is 0 Å². The van der Waals surface area contributed by atoms with E-state index in [0.29, 0.717) is 12.0 Å². The number of halogens is 2. The summed E-state index contributed by atoms with van der Waals surface area (Å²) in [5.74, 6) is -0.749. The Morgan fingerprint density at radius 1 is 1.00 bits per heavy atom. The summed E-state index contributed by atoms with van der Waals surface area (Å²) in [5, 5.41) is 3.16. The number of rotatable bonds is 5. The van der Waals surface area contributed by atoms with Gasteiger partial charge >= 0.3 is 0 Å². The zero-order valence-electron chi connectivity index (χ0n) is 10.9. The number of benzene rings is 2. The van der Waals surface area contributed by atoms with Crippen LogP contribution in [-0.4, -0.2) is 13.1 Å². The first-order valence-corrected chi connectivity index (χ1v) is 6.34. The van der Waals surface area contributed by atoms with Crippen molar-refractivity contribution >= 4 is 0 Å². The second-order valence-electron chi connectivity index (χ2n) is 4.62. The normalized spacial score (nSPS) is 12.4. The molecule has 0 amide bonds. The largest absolute Gasteiger partial charge is 0.316 e. The standard InChI is InChI=1S/C16H17F2N/c1-19-15(9-12-5-3-2-4-6-12)11-13-10-14(17)7-8-16(13)18/h2-8,10,15,19H,9,11H2,1H3. The van der Waals surface area contributed by atoms with Gasteiger partial charge < -0.3 is 5.32 Å². The third-order valence-corrected chi connectivity index (χ3v) is 3.21. The Morgan fingerprint density at radius 2 is 1.74 bits per heavy atom. The topological polar surface area (TPSA) is 12.0 Å². The molecule has 2 aromatic carbocycles. The van der Waals surface area contributed by atoms with E-state index >= 15 is 0 Å². The van der Waals surface area contributed by atoms with Gasteiger partial charge in [0.15, 0.2) is 0 Å². The van der Waals surface area contributed by atoms with E-state index in [-0.39, 0.29) is 11.9 Å². The molecule has 0 spiro atoms. The smallest absolute Gasteiger partial charge is 0.126 e. The fourth-order valence-electron chi connectivity index (χ4n) is 2.14. The Morgan fingerprint density at radius 3 is 2.42 bits per heavy atom. The van der Waals surface area contributed by atoms with E-state index in [2.05, 4.69) is 5.32 Å². The van der Waals surface area contributed by atoms with Gasteiger partial charge in [-0.1, -0.05) is 30.3 Å². The average molecular weight is 261 g/mol. The summed E-state index contributed by atoms with van der Waals surface area (Å²) in [6.45, 7) is 0. The van der Waals surface area contributed by atoms with E-state index in [1.165, 1.54) is 17.7 Å². The van der Waals surface area contributed by atoms with Gasteiger partial charge in [-0.2, -0.15) is 0 Å². The molecular weight excluding hydrogens is 244 g/mol. The van der Waals surface area contributed by atoms with Gasteiger partial charge in [-0.15, -0.1) is 0 Å². The highest BCUT2D eigenvalue weighted by Crippen LogP contribution is 2.14. The van der Waals surface area contributed by atoms with Gasteiger partial charge in [-0.05, 0) is 49.2 Å². The Hall–Kier alpha value is -1.74. The lowest BCUT2D eigenvalue weighted by atomic mass is 9.99. The van der Waals surface area contributed by atoms with Crippen molar-refractivity contribution in [3.63, 3.8) is 0 Å². The first-order valence-electron chi connectivity index (χ1n) is 6.34. The van der Waals surface area contributed by atoms with Crippen molar-refractivity contribution in [3.8, 4) is 0 Å². The minimum Gasteiger partial charge on any atom is -0.316 e. The van der Waals surface area contributed by atoms with Gasteiger partial charge in [0.05, 0.1) is 0 Å². The molecule has 100 valence electrons.